The maximum atomic E-state index is 12.8. The molecule has 0 saturated heterocycles. The summed E-state index contributed by atoms with van der Waals surface area (Å²) in [5.41, 5.74) is -2.55. The number of benzene rings is 1. The van der Waals surface area contributed by atoms with Crippen molar-refractivity contribution in [3.05, 3.63) is 28.8 Å². The van der Waals surface area contributed by atoms with Crippen LogP contribution in [0.3, 0.4) is 0 Å². The average Bonchev–Trinajstić information content (AvgIpc) is 2.45. The van der Waals surface area contributed by atoms with Crippen LogP contribution in [0, 0.1) is 5.41 Å². The number of amides is 2. The van der Waals surface area contributed by atoms with Gasteiger partial charge in [0.15, 0.2) is 0 Å². The molecule has 1 rings (SSSR count). The molecule has 0 unspecified atom stereocenters. The maximum Gasteiger partial charge on any atom is 0.417 e. The van der Waals surface area contributed by atoms with Crippen LogP contribution in [-0.4, -0.2) is 18.4 Å². The van der Waals surface area contributed by atoms with Crippen molar-refractivity contribution in [3.8, 4) is 0 Å². The topological polar surface area (TPSA) is 58.2 Å². The van der Waals surface area contributed by atoms with Crippen molar-refractivity contribution in [1.82, 2.24) is 5.32 Å². The molecule has 4 nitrogen and oxygen atoms in total. The lowest BCUT2D eigenvalue weighted by Crippen LogP contribution is -2.45. The van der Waals surface area contributed by atoms with E-state index in [0.29, 0.717) is 13.0 Å². The van der Waals surface area contributed by atoms with Gasteiger partial charge in [0.25, 0.3) is 0 Å². The van der Waals surface area contributed by atoms with Crippen molar-refractivity contribution in [2.24, 2.45) is 5.41 Å². The zero-order valence-electron chi connectivity index (χ0n) is 13.0. The smallest absolute Gasteiger partial charge is 0.355 e. The summed E-state index contributed by atoms with van der Waals surface area (Å²) in [7, 11) is 0. The molecule has 0 spiro atoms. The van der Waals surface area contributed by atoms with Gasteiger partial charge in [-0.3, -0.25) is 9.59 Å². The first-order valence-corrected chi connectivity index (χ1v) is 7.34. The second-order valence-corrected chi connectivity index (χ2v) is 5.93. The highest BCUT2D eigenvalue weighted by Gasteiger charge is 2.37. The van der Waals surface area contributed by atoms with E-state index in [0.717, 1.165) is 12.1 Å². The highest BCUT2D eigenvalue weighted by Crippen LogP contribution is 2.36. The third kappa shape index (κ3) is 4.86. The number of nitrogens with one attached hydrogen (secondary N) is 2. The van der Waals surface area contributed by atoms with E-state index >= 15 is 0 Å². The average molecular weight is 351 g/mol. The minimum absolute atomic E-state index is 0.0805. The minimum Gasteiger partial charge on any atom is -0.355 e. The summed E-state index contributed by atoms with van der Waals surface area (Å²) < 4.78 is 38.4. The van der Waals surface area contributed by atoms with E-state index in [1.54, 1.807) is 0 Å². The Balaban J connectivity index is 2.95. The number of hydrogen-bond acceptors (Lipinski definition) is 2. The van der Waals surface area contributed by atoms with Gasteiger partial charge in [0.2, 0.25) is 11.8 Å². The van der Waals surface area contributed by atoms with E-state index < -0.39 is 34.0 Å². The van der Waals surface area contributed by atoms with Crippen LogP contribution in [0.5, 0.6) is 0 Å². The molecule has 23 heavy (non-hydrogen) atoms. The van der Waals surface area contributed by atoms with Gasteiger partial charge in [-0.15, -0.1) is 0 Å². The number of carbonyl (C=O) groups is 2. The van der Waals surface area contributed by atoms with E-state index in [1.165, 1.54) is 19.9 Å². The number of halogens is 4. The Hall–Kier alpha value is -1.76. The van der Waals surface area contributed by atoms with Gasteiger partial charge in [-0.05, 0) is 38.5 Å². The standard InChI is InChI=1S/C15H18ClF3N2O2/c1-4-7-20-12(22)14(2,3)13(23)21-9-5-6-11(16)10(8-9)15(17,18)19/h5-6,8H,4,7H2,1-3H3,(H,20,22)(H,21,23). The monoisotopic (exact) mass is 350 g/mol. The van der Waals surface area contributed by atoms with Crippen LogP contribution in [0.25, 0.3) is 0 Å². The van der Waals surface area contributed by atoms with E-state index in [-0.39, 0.29) is 5.69 Å². The first-order chi connectivity index (χ1) is 10.5. The van der Waals surface area contributed by atoms with E-state index in [9.17, 15) is 22.8 Å². The summed E-state index contributed by atoms with van der Waals surface area (Å²) in [6, 6.07) is 3.03. The molecule has 1 aromatic carbocycles. The molecule has 0 aliphatic heterocycles. The number of rotatable bonds is 5. The number of hydrogen-bond donors (Lipinski definition) is 2. The Bertz CT molecular complexity index is 601. The summed E-state index contributed by atoms with van der Waals surface area (Å²) >= 11 is 5.52. The minimum atomic E-state index is -4.63. The molecule has 0 bridgehead atoms. The molecule has 128 valence electrons. The highest BCUT2D eigenvalue weighted by atomic mass is 35.5. The molecule has 0 aromatic heterocycles. The summed E-state index contributed by atoms with van der Waals surface area (Å²) in [5, 5.41) is 4.44. The Morgan fingerprint density at radius 1 is 1.17 bits per heavy atom. The molecule has 2 amide bonds. The second-order valence-electron chi connectivity index (χ2n) is 5.53. The van der Waals surface area contributed by atoms with Crippen LogP contribution >= 0.6 is 11.6 Å². The van der Waals surface area contributed by atoms with Gasteiger partial charge in [-0.25, -0.2) is 0 Å². The first kappa shape index (κ1) is 19.3. The predicted molar refractivity (Wildman–Crippen MR) is 82.2 cm³/mol. The van der Waals surface area contributed by atoms with Crippen LogP contribution in [0.4, 0.5) is 18.9 Å². The number of carbonyl (C=O) groups excluding carboxylic acids is 2. The number of alkyl halides is 3. The first-order valence-electron chi connectivity index (χ1n) is 6.96. The van der Waals surface area contributed by atoms with Gasteiger partial charge in [0.1, 0.15) is 5.41 Å². The molecular formula is C15H18ClF3N2O2. The summed E-state index contributed by atoms with van der Waals surface area (Å²) in [4.78, 5) is 24.2. The quantitative estimate of drug-likeness (QED) is 0.792. The fourth-order valence-electron chi connectivity index (χ4n) is 1.67. The van der Waals surface area contributed by atoms with Crippen molar-refractivity contribution in [3.63, 3.8) is 0 Å². The zero-order valence-corrected chi connectivity index (χ0v) is 13.7. The van der Waals surface area contributed by atoms with Crippen molar-refractivity contribution in [2.75, 3.05) is 11.9 Å². The molecule has 0 atom stereocenters. The summed E-state index contributed by atoms with van der Waals surface area (Å²) in [5.74, 6) is -1.21. The van der Waals surface area contributed by atoms with E-state index in [2.05, 4.69) is 10.6 Å². The van der Waals surface area contributed by atoms with E-state index in [4.69, 9.17) is 11.6 Å². The van der Waals surface area contributed by atoms with Gasteiger partial charge in [-0.2, -0.15) is 13.2 Å². The fourth-order valence-corrected chi connectivity index (χ4v) is 1.89. The Morgan fingerprint density at radius 2 is 1.78 bits per heavy atom. The molecule has 1 aromatic rings. The van der Waals surface area contributed by atoms with Gasteiger partial charge in [-0.1, -0.05) is 18.5 Å². The van der Waals surface area contributed by atoms with Crippen LogP contribution in [0.1, 0.15) is 32.8 Å². The molecule has 8 heteroatoms. The zero-order chi connectivity index (χ0) is 17.8. The van der Waals surface area contributed by atoms with Crippen LogP contribution in [0.2, 0.25) is 5.02 Å². The van der Waals surface area contributed by atoms with Crippen LogP contribution < -0.4 is 10.6 Å². The third-order valence-corrected chi connectivity index (χ3v) is 3.53. The normalized spacial score (nSPS) is 12.0. The van der Waals surface area contributed by atoms with Crippen molar-refractivity contribution < 1.29 is 22.8 Å². The van der Waals surface area contributed by atoms with Crippen molar-refractivity contribution in [2.45, 2.75) is 33.4 Å². The lowest BCUT2D eigenvalue weighted by Gasteiger charge is -2.23. The highest BCUT2D eigenvalue weighted by molar-refractivity contribution is 6.31. The van der Waals surface area contributed by atoms with Gasteiger partial charge in [0.05, 0.1) is 10.6 Å². The Kier molecular flexibility index (Phi) is 6.04. The molecule has 0 aliphatic carbocycles. The molecule has 0 aliphatic rings. The molecule has 0 heterocycles. The van der Waals surface area contributed by atoms with Crippen molar-refractivity contribution >= 4 is 29.1 Å². The largest absolute Gasteiger partial charge is 0.417 e. The van der Waals surface area contributed by atoms with E-state index in [1.807, 2.05) is 6.92 Å². The molecule has 2 N–H and O–H groups in total. The maximum absolute atomic E-state index is 12.8. The molecule has 0 saturated carbocycles. The fraction of sp³-hybridized carbons (Fsp3) is 0.467. The predicted octanol–water partition coefficient (Wildman–Crippen LogP) is 3.85. The lowest BCUT2D eigenvalue weighted by atomic mass is 9.91. The van der Waals surface area contributed by atoms with Gasteiger partial charge in [0, 0.05) is 12.2 Å². The second kappa shape index (κ2) is 7.21. The van der Waals surface area contributed by atoms with Crippen LogP contribution in [-0.2, 0) is 15.8 Å². The van der Waals surface area contributed by atoms with Gasteiger partial charge < -0.3 is 10.6 Å². The van der Waals surface area contributed by atoms with Crippen molar-refractivity contribution in [1.29, 1.82) is 0 Å². The Morgan fingerprint density at radius 3 is 2.30 bits per heavy atom. The molecule has 0 fully saturated rings. The summed E-state index contributed by atoms with van der Waals surface area (Å²) in [6.07, 6.45) is -3.93. The SMILES string of the molecule is CCCNC(=O)C(C)(C)C(=O)Nc1ccc(Cl)c(C(F)(F)F)c1. The van der Waals surface area contributed by atoms with Gasteiger partial charge >= 0.3 is 6.18 Å². The number of anilines is 1. The molecule has 0 radical (unpaired) electrons. The Labute approximate surface area is 137 Å². The third-order valence-electron chi connectivity index (χ3n) is 3.20. The molecular weight excluding hydrogens is 333 g/mol. The summed E-state index contributed by atoms with van der Waals surface area (Å²) in [6.45, 7) is 5.07. The lowest BCUT2D eigenvalue weighted by molar-refractivity contribution is -0.139. The van der Waals surface area contributed by atoms with Crippen LogP contribution in [0.15, 0.2) is 18.2 Å².